The van der Waals surface area contributed by atoms with Crippen molar-refractivity contribution in [2.45, 2.75) is 36.6 Å². The van der Waals surface area contributed by atoms with Gasteiger partial charge in [-0.1, -0.05) is 12.1 Å². The molecule has 1 aromatic carbocycles. The normalized spacial score (nSPS) is 19.5. The Hall–Kier alpha value is -1.11. The zero-order valence-corrected chi connectivity index (χ0v) is 12.6. The molecule has 112 valence electrons. The first-order valence-corrected chi connectivity index (χ1v) is 8.48. The van der Waals surface area contributed by atoms with Gasteiger partial charge in [0.2, 0.25) is 10.0 Å². The fraction of sp³-hybridized carbons (Fsp3) is 0.571. The molecule has 1 aliphatic rings. The molecule has 1 aliphatic heterocycles. The number of anilines is 1. The molecule has 1 saturated heterocycles. The summed E-state index contributed by atoms with van der Waals surface area (Å²) in [6.07, 6.45) is 3.75. The van der Waals surface area contributed by atoms with Gasteiger partial charge in [-0.15, -0.1) is 0 Å². The molecule has 1 atom stereocenters. The maximum absolute atomic E-state index is 12.1. The van der Waals surface area contributed by atoms with Crippen molar-refractivity contribution in [1.29, 1.82) is 0 Å². The Morgan fingerprint density at radius 1 is 1.40 bits per heavy atom. The van der Waals surface area contributed by atoms with Crippen molar-refractivity contribution in [2.75, 3.05) is 25.1 Å². The summed E-state index contributed by atoms with van der Waals surface area (Å²) in [7, 11) is -2.02. The van der Waals surface area contributed by atoms with Gasteiger partial charge < -0.3 is 10.0 Å². The zero-order chi connectivity index (χ0) is 14.6. The third-order valence-electron chi connectivity index (χ3n) is 3.81. The molecule has 2 N–H and O–H groups in total. The minimum absolute atomic E-state index is 0.181. The van der Waals surface area contributed by atoms with E-state index in [1.807, 2.05) is 12.1 Å². The van der Waals surface area contributed by atoms with Gasteiger partial charge in [-0.3, -0.25) is 0 Å². The van der Waals surface area contributed by atoms with Crippen LogP contribution in [0.4, 0.5) is 5.69 Å². The number of para-hydroxylation sites is 1. The Labute approximate surface area is 120 Å². The molecule has 1 heterocycles. The SMILES string of the molecule is CNS(=O)(=O)c1ccccc1N1CCCC1CCCO. The summed E-state index contributed by atoms with van der Waals surface area (Å²) in [5.41, 5.74) is 0.766. The van der Waals surface area contributed by atoms with Gasteiger partial charge in [0, 0.05) is 19.2 Å². The van der Waals surface area contributed by atoms with Crippen LogP contribution in [0.15, 0.2) is 29.2 Å². The zero-order valence-electron chi connectivity index (χ0n) is 11.7. The predicted molar refractivity (Wildman–Crippen MR) is 79.4 cm³/mol. The summed E-state index contributed by atoms with van der Waals surface area (Å²) in [4.78, 5) is 2.50. The molecular formula is C14H22N2O3S. The van der Waals surface area contributed by atoms with Crippen LogP contribution in [-0.4, -0.2) is 39.8 Å². The molecular weight excluding hydrogens is 276 g/mol. The van der Waals surface area contributed by atoms with Gasteiger partial charge >= 0.3 is 0 Å². The van der Waals surface area contributed by atoms with Gasteiger partial charge in [-0.25, -0.2) is 13.1 Å². The minimum atomic E-state index is -3.45. The summed E-state index contributed by atoms with van der Waals surface area (Å²) in [6, 6.07) is 7.43. The molecule has 6 heteroatoms. The van der Waals surface area contributed by atoms with Crippen LogP contribution < -0.4 is 9.62 Å². The van der Waals surface area contributed by atoms with Crippen molar-refractivity contribution in [3.8, 4) is 0 Å². The number of aliphatic hydroxyl groups excluding tert-OH is 1. The van der Waals surface area contributed by atoms with E-state index in [2.05, 4.69) is 9.62 Å². The van der Waals surface area contributed by atoms with E-state index >= 15 is 0 Å². The fourth-order valence-electron chi connectivity index (χ4n) is 2.81. The van der Waals surface area contributed by atoms with Crippen LogP contribution in [0.25, 0.3) is 0 Å². The lowest BCUT2D eigenvalue weighted by Gasteiger charge is -2.28. The Bertz CT molecular complexity index is 545. The van der Waals surface area contributed by atoms with Crippen LogP contribution >= 0.6 is 0 Å². The number of benzene rings is 1. The Balaban J connectivity index is 2.33. The highest BCUT2D eigenvalue weighted by molar-refractivity contribution is 7.89. The second kappa shape index (κ2) is 6.56. The Morgan fingerprint density at radius 2 is 2.15 bits per heavy atom. The number of hydrogen-bond donors (Lipinski definition) is 2. The molecule has 0 aliphatic carbocycles. The highest BCUT2D eigenvalue weighted by atomic mass is 32.2. The van der Waals surface area contributed by atoms with E-state index in [4.69, 9.17) is 5.11 Å². The number of aliphatic hydroxyl groups is 1. The topological polar surface area (TPSA) is 69.6 Å². The molecule has 0 bridgehead atoms. The number of nitrogens with zero attached hydrogens (tertiary/aromatic N) is 1. The molecule has 0 amide bonds. The van der Waals surface area contributed by atoms with E-state index in [0.717, 1.165) is 37.9 Å². The van der Waals surface area contributed by atoms with Crippen molar-refractivity contribution < 1.29 is 13.5 Å². The largest absolute Gasteiger partial charge is 0.396 e. The third kappa shape index (κ3) is 3.13. The quantitative estimate of drug-likeness (QED) is 0.831. The van der Waals surface area contributed by atoms with Crippen LogP contribution in [0.3, 0.4) is 0 Å². The van der Waals surface area contributed by atoms with Gasteiger partial charge in [0.05, 0.1) is 5.69 Å². The maximum Gasteiger partial charge on any atom is 0.242 e. The minimum Gasteiger partial charge on any atom is -0.396 e. The van der Waals surface area contributed by atoms with Crippen LogP contribution in [-0.2, 0) is 10.0 Å². The molecule has 2 rings (SSSR count). The summed E-state index contributed by atoms with van der Waals surface area (Å²) < 4.78 is 26.6. The lowest BCUT2D eigenvalue weighted by molar-refractivity contribution is 0.279. The average molecular weight is 298 g/mol. The molecule has 5 nitrogen and oxygen atoms in total. The first-order chi connectivity index (χ1) is 9.60. The lowest BCUT2D eigenvalue weighted by atomic mass is 10.1. The first kappa shape index (κ1) is 15.3. The van der Waals surface area contributed by atoms with Gasteiger partial charge in [-0.2, -0.15) is 0 Å². The molecule has 1 fully saturated rings. The van der Waals surface area contributed by atoms with Crippen LogP contribution in [0.2, 0.25) is 0 Å². The van der Waals surface area contributed by atoms with E-state index in [9.17, 15) is 8.42 Å². The summed E-state index contributed by atoms with van der Waals surface area (Å²) in [5.74, 6) is 0. The monoisotopic (exact) mass is 298 g/mol. The van der Waals surface area contributed by atoms with Crippen molar-refractivity contribution in [1.82, 2.24) is 4.72 Å². The summed E-state index contributed by atoms with van der Waals surface area (Å²) in [6.45, 7) is 1.05. The maximum atomic E-state index is 12.1. The van der Waals surface area contributed by atoms with Crippen molar-refractivity contribution in [3.05, 3.63) is 24.3 Å². The number of rotatable bonds is 6. The smallest absolute Gasteiger partial charge is 0.242 e. The molecule has 1 unspecified atom stereocenters. The second-order valence-corrected chi connectivity index (χ2v) is 6.89. The van der Waals surface area contributed by atoms with E-state index in [1.54, 1.807) is 12.1 Å². The summed E-state index contributed by atoms with van der Waals surface area (Å²) in [5, 5.41) is 8.98. The standard InChI is InChI=1S/C14H22N2O3S/c1-15-20(18,19)14-9-3-2-8-13(14)16-10-4-6-12(16)7-5-11-17/h2-3,8-9,12,15,17H,4-7,10-11H2,1H3. The summed E-state index contributed by atoms with van der Waals surface area (Å²) >= 11 is 0. The highest BCUT2D eigenvalue weighted by Crippen LogP contribution is 2.32. The van der Waals surface area contributed by atoms with Crippen LogP contribution in [0, 0.1) is 0 Å². The van der Waals surface area contributed by atoms with Gasteiger partial charge in [0.15, 0.2) is 0 Å². The predicted octanol–water partition coefficient (Wildman–Crippen LogP) is 1.34. The highest BCUT2D eigenvalue weighted by Gasteiger charge is 2.28. The number of hydrogen-bond acceptors (Lipinski definition) is 4. The fourth-order valence-corrected chi connectivity index (χ4v) is 3.75. The van der Waals surface area contributed by atoms with Gasteiger partial charge in [0.25, 0.3) is 0 Å². The van der Waals surface area contributed by atoms with E-state index < -0.39 is 10.0 Å². The Kier molecular flexibility index (Phi) is 5.01. The van der Waals surface area contributed by atoms with Gasteiger partial charge in [-0.05, 0) is 44.9 Å². The van der Waals surface area contributed by atoms with Crippen molar-refractivity contribution in [2.24, 2.45) is 0 Å². The van der Waals surface area contributed by atoms with Crippen LogP contribution in [0.1, 0.15) is 25.7 Å². The molecule has 0 aromatic heterocycles. The molecule has 20 heavy (non-hydrogen) atoms. The average Bonchev–Trinajstić information content (AvgIpc) is 2.93. The third-order valence-corrected chi connectivity index (χ3v) is 5.27. The first-order valence-electron chi connectivity index (χ1n) is 7.00. The molecule has 0 spiro atoms. The van der Waals surface area contributed by atoms with Crippen LogP contribution in [0.5, 0.6) is 0 Å². The molecule has 0 radical (unpaired) electrons. The van der Waals surface area contributed by atoms with Crippen molar-refractivity contribution >= 4 is 15.7 Å². The molecule has 1 aromatic rings. The van der Waals surface area contributed by atoms with Crippen molar-refractivity contribution in [3.63, 3.8) is 0 Å². The van der Waals surface area contributed by atoms with E-state index in [0.29, 0.717) is 10.9 Å². The number of sulfonamides is 1. The Morgan fingerprint density at radius 3 is 2.85 bits per heavy atom. The lowest BCUT2D eigenvalue weighted by Crippen LogP contribution is -2.31. The van der Waals surface area contributed by atoms with E-state index in [1.165, 1.54) is 7.05 Å². The molecule has 0 saturated carbocycles. The van der Waals surface area contributed by atoms with E-state index in [-0.39, 0.29) is 6.61 Å². The van der Waals surface area contributed by atoms with Gasteiger partial charge in [0.1, 0.15) is 4.90 Å². The second-order valence-electron chi connectivity index (χ2n) is 5.03. The number of nitrogens with one attached hydrogen (secondary N) is 1.